The molecule has 0 amide bonds. The van der Waals surface area contributed by atoms with Crippen LogP contribution in [0.2, 0.25) is 0 Å². The summed E-state index contributed by atoms with van der Waals surface area (Å²) in [5.74, 6) is 2.98. The minimum Gasteiger partial charge on any atom is -0.339 e. The molecule has 0 unspecified atom stereocenters. The predicted molar refractivity (Wildman–Crippen MR) is 71.0 cm³/mol. The van der Waals surface area contributed by atoms with Crippen LogP contribution in [0, 0.1) is 11.8 Å². The van der Waals surface area contributed by atoms with E-state index in [0.29, 0.717) is 5.82 Å². The maximum Gasteiger partial charge on any atom is 0.226 e. The highest BCUT2D eigenvalue weighted by atomic mass is 16.5. The summed E-state index contributed by atoms with van der Waals surface area (Å²) in [7, 11) is 0. The van der Waals surface area contributed by atoms with Crippen LogP contribution in [0.3, 0.4) is 0 Å². The first-order valence-corrected chi connectivity index (χ1v) is 7.17. The van der Waals surface area contributed by atoms with E-state index in [4.69, 9.17) is 10.3 Å². The van der Waals surface area contributed by atoms with Gasteiger partial charge in [-0.2, -0.15) is 4.98 Å². The van der Waals surface area contributed by atoms with Crippen molar-refractivity contribution in [3.8, 4) is 0 Å². The minimum absolute atomic E-state index is 0.360. The molecule has 0 spiro atoms. The van der Waals surface area contributed by atoms with Crippen molar-refractivity contribution < 1.29 is 4.52 Å². The van der Waals surface area contributed by atoms with Crippen molar-refractivity contribution in [1.29, 1.82) is 0 Å². The lowest BCUT2D eigenvalue weighted by Gasteiger charge is -2.36. The summed E-state index contributed by atoms with van der Waals surface area (Å²) in [5, 5.41) is 4.09. The third-order valence-corrected chi connectivity index (χ3v) is 4.24. The molecule has 1 aromatic rings. The van der Waals surface area contributed by atoms with E-state index in [-0.39, 0.29) is 5.54 Å². The van der Waals surface area contributed by atoms with Gasteiger partial charge in [-0.3, -0.25) is 0 Å². The van der Waals surface area contributed by atoms with Crippen molar-refractivity contribution in [2.75, 3.05) is 0 Å². The molecule has 1 fully saturated rings. The summed E-state index contributed by atoms with van der Waals surface area (Å²) in [6.45, 7) is 6.69. The molecule has 0 saturated heterocycles. The average Bonchev–Trinajstić information content (AvgIpc) is 2.79. The number of rotatable bonds is 4. The van der Waals surface area contributed by atoms with Gasteiger partial charge in [-0.15, -0.1) is 0 Å². The lowest BCUT2D eigenvalue weighted by Crippen LogP contribution is -2.42. The molecule has 1 aromatic heterocycles. The van der Waals surface area contributed by atoms with Crippen molar-refractivity contribution in [3.63, 3.8) is 0 Å². The molecule has 2 rings (SSSR count). The molecular formula is C14H25N3O. The van der Waals surface area contributed by atoms with Crippen LogP contribution in [0.5, 0.6) is 0 Å². The van der Waals surface area contributed by atoms with Crippen LogP contribution in [0.25, 0.3) is 0 Å². The second kappa shape index (κ2) is 5.39. The fourth-order valence-electron chi connectivity index (χ4n) is 2.82. The van der Waals surface area contributed by atoms with Gasteiger partial charge in [0, 0.05) is 6.42 Å². The van der Waals surface area contributed by atoms with Gasteiger partial charge >= 0.3 is 0 Å². The van der Waals surface area contributed by atoms with E-state index in [9.17, 15) is 0 Å². The quantitative estimate of drug-likeness (QED) is 0.893. The summed E-state index contributed by atoms with van der Waals surface area (Å²) in [6, 6.07) is 0. The third-order valence-electron chi connectivity index (χ3n) is 4.24. The Hall–Kier alpha value is -0.900. The van der Waals surface area contributed by atoms with Crippen LogP contribution in [0.4, 0.5) is 0 Å². The summed E-state index contributed by atoms with van der Waals surface area (Å²) in [6.07, 6.45) is 6.16. The fraction of sp³-hybridized carbons (Fsp3) is 0.857. The number of hydrogen-bond acceptors (Lipinski definition) is 4. The van der Waals surface area contributed by atoms with E-state index >= 15 is 0 Å². The third kappa shape index (κ3) is 2.74. The lowest BCUT2D eigenvalue weighted by molar-refractivity contribution is 0.185. The standard InChI is InChI=1S/C14H25N3O/c1-4-5-12-16-13(17-18-12)14(15)8-6-11(7-9-14)10(2)3/h10-11H,4-9,15H2,1-3H3. The Kier molecular flexibility index (Phi) is 4.05. The number of nitrogens with two attached hydrogens (primary N) is 1. The molecule has 18 heavy (non-hydrogen) atoms. The topological polar surface area (TPSA) is 64.9 Å². The van der Waals surface area contributed by atoms with E-state index in [2.05, 4.69) is 30.9 Å². The summed E-state index contributed by atoms with van der Waals surface area (Å²) in [4.78, 5) is 4.46. The van der Waals surface area contributed by atoms with Crippen LogP contribution in [0.15, 0.2) is 4.52 Å². The van der Waals surface area contributed by atoms with Gasteiger partial charge in [0.15, 0.2) is 5.82 Å². The summed E-state index contributed by atoms with van der Waals surface area (Å²) >= 11 is 0. The molecule has 1 heterocycles. The Labute approximate surface area is 109 Å². The van der Waals surface area contributed by atoms with Gasteiger partial charge in [-0.1, -0.05) is 25.9 Å². The number of nitrogens with zero attached hydrogens (tertiary/aromatic N) is 2. The monoisotopic (exact) mass is 251 g/mol. The molecule has 0 atom stereocenters. The first-order valence-electron chi connectivity index (χ1n) is 7.17. The Balaban J connectivity index is 2.03. The van der Waals surface area contributed by atoms with Crippen molar-refractivity contribution in [2.45, 2.75) is 64.8 Å². The van der Waals surface area contributed by atoms with Crippen LogP contribution in [0.1, 0.15) is 64.6 Å². The molecule has 2 N–H and O–H groups in total. The van der Waals surface area contributed by atoms with Gasteiger partial charge in [0.2, 0.25) is 5.89 Å². The van der Waals surface area contributed by atoms with Crippen molar-refractivity contribution in [1.82, 2.24) is 10.1 Å². The second-order valence-electron chi connectivity index (χ2n) is 6.00. The van der Waals surface area contributed by atoms with Crippen molar-refractivity contribution in [2.24, 2.45) is 17.6 Å². The van der Waals surface area contributed by atoms with E-state index in [0.717, 1.165) is 43.4 Å². The van der Waals surface area contributed by atoms with Crippen molar-refractivity contribution >= 4 is 0 Å². The molecule has 4 heteroatoms. The largest absolute Gasteiger partial charge is 0.339 e. The fourth-order valence-corrected chi connectivity index (χ4v) is 2.82. The first kappa shape index (κ1) is 13.5. The Morgan fingerprint density at radius 1 is 1.39 bits per heavy atom. The Morgan fingerprint density at radius 3 is 2.61 bits per heavy atom. The molecule has 0 aromatic carbocycles. The van der Waals surface area contributed by atoms with Gasteiger partial charge in [0.05, 0.1) is 5.54 Å². The van der Waals surface area contributed by atoms with E-state index < -0.39 is 0 Å². The number of hydrogen-bond donors (Lipinski definition) is 1. The highest BCUT2D eigenvalue weighted by Gasteiger charge is 2.37. The molecule has 0 radical (unpaired) electrons. The zero-order valence-electron chi connectivity index (χ0n) is 11.8. The maximum absolute atomic E-state index is 6.47. The smallest absolute Gasteiger partial charge is 0.226 e. The Morgan fingerprint density at radius 2 is 2.06 bits per heavy atom. The highest BCUT2D eigenvalue weighted by molar-refractivity contribution is 5.06. The predicted octanol–water partition coefficient (Wildman–Crippen LogP) is 3.02. The van der Waals surface area contributed by atoms with Gasteiger partial charge < -0.3 is 10.3 Å². The zero-order valence-corrected chi connectivity index (χ0v) is 11.8. The van der Waals surface area contributed by atoms with Crippen LogP contribution in [-0.4, -0.2) is 10.1 Å². The van der Waals surface area contributed by atoms with E-state index in [1.165, 1.54) is 12.8 Å². The van der Waals surface area contributed by atoms with Crippen LogP contribution in [-0.2, 0) is 12.0 Å². The summed E-state index contributed by atoms with van der Waals surface area (Å²) in [5.41, 5.74) is 6.11. The average molecular weight is 251 g/mol. The van der Waals surface area contributed by atoms with Crippen LogP contribution < -0.4 is 5.73 Å². The minimum atomic E-state index is -0.360. The van der Waals surface area contributed by atoms with E-state index in [1.807, 2.05) is 0 Å². The van der Waals surface area contributed by atoms with Crippen LogP contribution >= 0.6 is 0 Å². The lowest BCUT2D eigenvalue weighted by atomic mass is 9.73. The molecular weight excluding hydrogens is 226 g/mol. The molecule has 1 aliphatic carbocycles. The van der Waals surface area contributed by atoms with Crippen molar-refractivity contribution in [3.05, 3.63) is 11.7 Å². The second-order valence-corrected chi connectivity index (χ2v) is 6.00. The van der Waals surface area contributed by atoms with Gasteiger partial charge in [0.1, 0.15) is 0 Å². The normalized spacial score (nSPS) is 28.8. The molecule has 1 aliphatic rings. The van der Waals surface area contributed by atoms with E-state index in [1.54, 1.807) is 0 Å². The maximum atomic E-state index is 6.47. The zero-order chi connectivity index (χ0) is 13.2. The summed E-state index contributed by atoms with van der Waals surface area (Å²) < 4.78 is 5.26. The number of aromatic nitrogens is 2. The molecule has 1 saturated carbocycles. The molecule has 4 nitrogen and oxygen atoms in total. The van der Waals surface area contributed by atoms with Gasteiger partial charge in [-0.05, 0) is 43.9 Å². The molecule has 0 bridgehead atoms. The highest BCUT2D eigenvalue weighted by Crippen LogP contribution is 2.39. The van der Waals surface area contributed by atoms with Gasteiger partial charge in [-0.25, -0.2) is 0 Å². The molecule has 0 aliphatic heterocycles. The SMILES string of the molecule is CCCc1nc(C2(N)CCC(C(C)C)CC2)no1. The Bertz CT molecular complexity index is 378. The van der Waals surface area contributed by atoms with Gasteiger partial charge in [0.25, 0.3) is 0 Å². The number of aryl methyl sites for hydroxylation is 1. The first-order chi connectivity index (χ1) is 8.55. The molecule has 102 valence electrons.